The molecule has 1 atom stereocenters. The van der Waals surface area contributed by atoms with Gasteiger partial charge in [0.25, 0.3) is 0 Å². The second-order valence-electron chi connectivity index (χ2n) is 4.38. The van der Waals surface area contributed by atoms with E-state index in [1.165, 1.54) is 0 Å². The standard InChI is InChI=1S/C16H15N3/c17-15(13-7-3-1-4-8-13)16-18-11-12-19(16)14-9-5-2-6-10-14/h1-12,15H,17H2. The second-order valence-corrected chi connectivity index (χ2v) is 4.38. The SMILES string of the molecule is NC(c1ccccc1)c1nccn1-c1ccccc1. The van der Waals surface area contributed by atoms with Crippen LogP contribution in [0.5, 0.6) is 0 Å². The van der Waals surface area contributed by atoms with E-state index >= 15 is 0 Å². The molecule has 0 aliphatic rings. The molecule has 0 bridgehead atoms. The van der Waals surface area contributed by atoms with Crippen molar-refractivity contribution in [2.45, 2.75) is 6.04 Å². The third kappa shape index (κ3) is 2.28. The van der Waals surface area contributed by atoms with Crippen LogP contribution in [0.15, 0.2) is 73.1 Å². The number of nitrogens with zero attached hydrogens (tertiary/aromatic N) is 2. The highest BCUT2D eigenvalue weighted by Crippen LogP contribution is 2.20. The molecule has 1 unspecified atom stereocenters. The van der Waals surface area contributed by atoms with E-state index in [0.717, 1.165) is 17.1 Å². The molecule has 0 fully saturated rings. The molecule has 3 nitrogen and oxygen atoms in total. The minimum absolute atomic E-state index is 0.226. The van der Waals surface area contributed by atoms with Crippen LogP contribution in [0.25, 0.3) is 5.69 Å². The highest BCUT2D eigenvalue weighted by molar-refractivity contribution is 5.35. The van der Waals surface area contributed by atoms with Crippen molar-refractivity contribution in [2.24, 2.45) is 5.73 Å². The molecule has 0 aliphatic heterocycles. The molecule has 0 spiro atoms. The van der Waals surface area contributed by atoms with Gasteiger partial charge in [0.2, 0.25) is 0 Å². The fraction of sp³-hybridized carbons (Fsp3) is 0.0625. The topological polar surface area (TPSA) is 43.8 Å². The fourth-order valence-electron chi connectivity index (χ4n) is 2.16. The number of imidazole rings is 1. The summed E-state index contributed by atoms with van der Waals surface area (Å²) in [6.45, 7) is 0. The largest absolute Gasteiger partial charge is 0.318 e. The summed E-state index contributed by atoms with van der Waals surface area (Å²) in [5.41, 5.74) is 8.45. The van der Waals surface area contributed by atoms with Crippen LogP contribution in [-0.4, -0.2) is 9.55 Å². The predicted molar refractivity (Wildman–Crippen MR) is 76.0 cm³/mol. The molecule has 1 aromatic heterocycles. The minimum Gasteiger partial charge on any atom is -0.318 e. The van der Waals surface area contributed by atoms with Gasteiger partial charge < -0.3 is 10.3 Å². The molecule has 2 aromatic carbocycles. The first-order valence-corrected chi connectivity index (χ1v) is 6.25. The minimum atomic E-state index is -0.226. The molecule has 94 valence electrons. The first-order chi connectivity index (χ1) is 9.36. The average Bonchev–Trinajstić information content (AvgIpc) is 2.98. The van der Waals surface area contributed by atoms with E-state index in [1.54, 1.807) is 6.20 Å². The number of para-hydroxylation sites is 1. The van der Waals surface area contributed by atoms with Crippen molar-refractivity contribution in [2.75, 3.05) is 0 Å². The van der Waals surface area contributed by atoms with Crippen LogP contribution in [0.1, 0.15) is 17.4 Å². The second kappa shape index (κ2) is 5.08. The Morgan fingerprint density at radius 1 is 0.895 bits per heavy atom. The highest BCUT2D eigenvalue weighted by atomic mass is 15.1. The van der Waals surface area contributed by atoms with Gasteiger partial charge in [0.15, 0.2) is 0 Å². The summed E-state index contributed by atoms with van der Waals surface area (Å²) in [6, 6.07) is 19.9. The molecule has 3 heteroatoms. The summed E-state index contributed by atoms with van der Waals surface area (Å²) in [6.07, 6.45) is 3.72. The third-order valence-corrected chi connectivity index (χ3v) is 3.14. The van der Waals surface area contributed by atoms with Gasteiger partial charge in [-0.25, -0.2) is 4.98 Å². The van der Waals surface area contributed by atoms with Crippen LogP contribution in [0.3, 0.4) is 0 Å². The van der Waals surface area contributed by atoms with Gasteiger partial charge in [0.1, 0.15) is 5.82 Å². The summed E-state index contributed by atoms with van der Waals surface area (Å²) in [5.74, 6) is 0.845. The molecule has 3 aromatic rings. The van der Waals surface area contributed by atoms with Gasteiger partial charge in [-0.05, 0) is 17.7 Å². The molecule has 0 amide bonds. The monoisotopic (exact) mass is 249 g/mol. The van der Waals surface area contributed by atoms with Gasteiger partial charge in [-0.2, -0.15) is 0 Å². The lowest BCUT2D eigenvalue weighted by molar-refractivity contribution is 0.758. The highest BCUT2D eigenvalue weighted by Gasteiger charge is 2.14. The summed E-state index contributed by atoms with van der Waals surface area (Å²) in [5, 5.41) is 0. The normalized spacial score (nSPS) is 12.3. The van der Waals surface area contributed by atoms with Crippen LogP contribution in [0.2, 0.25) is 0 Å². The van der Waals surface area contributed by atoms with E-state index in [0.29, 0.717) is 0 Å². The molecule has 3 rings (SSSR count). The Kier molecular flexibility index (Phi) is 3.12. The average molecular weight is 249 g/mol. The van der Waals surface area contributed by atoms with E-state index in [1.807, 2.05) is 71.4 Å². The van der Waals surface area contributed by atoms with Crippen molar-refractivity contribution < 1.29 is 0 Å². The van der Waals surface area contributed by atoms with Crippen LogP contribution >= 0.6 is 0 Å². The van der Waals surface area contributed by atoms with Crippen LogP contribution in [0, 0.1) is 0 Å². The Morgan fingerprint density at radius 3 is 2.21 bits per heavy atom. The van der Waals surface area contributed by atoms with Crippen LogP contribution < -0.4 is 5.73 Å². The fourth-order valence-corrected chi connectivity index (χ4v) is 2.16. The smallest absolute Gasteiger partial charge is 0.134 e. The quantitative estimate of drug-likeness (QED) is 0.775. The van der Waals surface area contributed by atoms with Gasteiger partial charge in [-0.1, -0.05) is 48.5 Å². The Bertz CT molecular complexity index is 644. The van der Waals surface area contributed by atoms with Gasteiger partial charge in [0.05, 0.1) is 6.04 Å². The number of nitrogens with two attached hydrogens (primary N) is 1. The van der Waals surface area contributed by atoms with Crippen molar-refractivity contribution >= 4 is 0 Å². The zero-order chi connectivity index (χ0) is 13.1. The van der Waals surface area contributed by atoms with Gasteiger partial charge >= 0.3 is 0 Å². The Hall–Kier alpha value is -2.39. The van der Waals surface area contributed by atoms with E-state index in [-0.39, 0.29) is 6.04 Å². The van der Waals surface area contributed by atoms with Gasteiger partial charge in [-0.15, -0.1) is 0 Å². The van der Waals surface area contributed by atoms with E-state index in [4.69, 9.17) is 5.73 Å². The number of aromatic nitrogens is 2. The molecule has 0 saturated heterocycles. The maximum absolute atomic E-state index is 6.32. The number of hydrogen-bond donors (Lipinski definition) is 1. The molecular weight excluding hydrogens is 234 g/mol. The maximum Gasteiger partial charge on any atom is 0.134 e. The molecule has 1 heterocycles. The van der Waals surface area contributed by atoms with Gasteiger partial charge in [0, 0.05) is 18.1 Å². The van der Waals surface area contributed by atoms with Crippen molar-refractivity contribution in [1.82, 2.24) is 9.55 Å². The molecule has 19 heavy (non-hydrogen) atoms. The van der Waals surface area contributed by atoms with E-state index in [9.17, 15) is 0 Å². The molecular formula is C16H15N3. The lowest BCUT2D eigenvalue weighted by Crippen LogP contribution is -2.17. The summed E-state index contributed by atoms with van der Waals surface area (Å²) >= 11 is 0. The maximum atomic E-state index is 6.32. The Labute approximate surface area is 112 Å². The molecule has 0 radical (unpaired) electrons. The van der Waals surface area contributed by atoms with Gasteiger partial charge in [-0.3, -0.25) is 0 Å². The molecule has 0 aliphatic carbocycles. The van der Waals surface area contributed by atoms with Crippen molar-refractivity contribution in [3.63, 3.8) is 0 Å². The first-order valence-electron chi connectivity index (χ1n) is 6.25. The lowest BCUT2D eigenvalue weighted by Gasteiger charge is -2.14. The Balaban J connectivity index is 2.01. The number of hydrogen-bond acceptors (Lipinski definition) is 2. The first kappa shape index (κ1) is 11.7. The predicted octanol–water partition coefficient (Wildman–Crippen LogP) is 2.92. The van der Waals surface area contributed by atoms with Crippen molar-refractivity contribution in [3.8, 4) is 5.69 Å². The summed E-state index contributed by atoms with van der Waals surface area (Å²) in [4.78, 5) is 4.41. The Morgan fingerprint density at radius 2 is 1.53 bits per heavy atom. The zero-order valence-corrected chi connectivity index (χ0v) is 10.5. The molecule has 0 saturated carbocycles. The lowest BCUT2D eigenvalue weighted by atomic mass is 10.1. The van der Waals surface area contributed by atoms with Crippen molar-refractivity contribution in [3.05, 3.63) is 84.4 Å². The van der Waals surface area contributed by atoms with Crippen LogP contribution in [0.4, 0.5) is 0 Å². The zero-order valence-electron chi connectivity index (χ0n) is 10.5. The summed E-state index contributed by atoms with van der Waals surface area (Å²) in [7, 11) is 0. The van der Waals surface area contributed by atoms with E-state index < -0.39 is 0 Å². The van der Waals surface area contributed by atoms with Crippen molar-refractivity contribution in [1.29, 1.82) is 0 Å². The third-order valence-electron chi connectivity index (χ3n) is 3.14. The van der Waals surface area contributed by atoms with Crippen LogP contribution in [-0.2, 0) is 0 Å². The van der Waals surface area contributed by atoms with E-state index in [2.05, 4.69) is 4.98 Å². The number of benzene rings is 2. The molecule has 2 N–H and O–H groups in total. The summed E-state index contributed by atoms with van der Waals surface area (Å²) < 4.78 is 2.03. The number of rotatable bonds is 3.